The summed E-state index contributed by atoms with van der Waals surface area (Å²) in [7, 11) is 0. The number of alkyl halides is 3. The molecule has 1 atom stereocenters. The maximum atomic E-state index is 13.3. The maximum Gasteiger partial charge on any atom is 0.420 e. The first-order chi connectivity index (χ1) is 13.9. The van der Waals surface area contributed by atoms with Crippen LogP contribution in [0.5, 0.6) is 11.5 Å². The molecule has 1 unspecified atom stereocenters. The van der Waals surface area contributed by atoms with E-state index >= 15 is 0 Å². The van der Waals surface area contributed by atoms with Crippen molar-refractivity contribution >= 4 is 15.9 Å². The molecule has 0 N–H and O–H groups in total. The number of piperidine rings is 1. The van der Waals surface area contributed by atoms with E-state index in [1.165, 1.54) is 12.1 Å². The van der Waals surface area contributed by atoms with Gasteiger partial charge in [-0.15, -0.1) is 0 Å². The van der Waals surface area contributed by atoms with Crippen molar-refractivity contribution in [2.75, 3.05) is 39.3 Å². The Morgan fingerprint density at radius 3 is 2.66 bits per heavy atom. The molecular formula is C21H24BrF3N2O2. The van der Waals surface area contributed by atoms with Crippen molar-refractivity contribution in [2.45, 2.75) is 25.1 Å². The molecule has 3 heterocycles. The van der Waals surface area contributed by atoms with Crippen molar-refractivity contribution < 1.29 is 22.6 Å². The van der Waals surface area contributed by atoms with E-state index in [9.17, 15) is 13.2 Å². The highest BCUT2D eigenvalue weighted by atomic mass is 79.9. The lowest BCUT2D eigenvalue weighted by Gasteiger charge is -2.37. The maximum absolute atomic E-state index is 13.3. The summed E-state index contributed by atoms with van der Waals surface area (Å²) >= 11 is 3.52. The van der Waals surface area contributed by atoms with Crippen molar-refractivity contribution in [2.24, 2.45) is 5.92 Å². The molecule has 0 spiro atoms. The molecule has 29 heavy (non-hydrogen) atoms. The molecule has 1 aromatic rings. The van der Waals surface area contributed by atoms with Crippen LogP contribution in [0.2, 0.25) is 0 Å². The number of hydrogen-bond acceptors (Lipinski definition) is 4. The normalized spacial score (nSPS) is 23.2. The number of allylic oxidation sites excluding steroid dienone is 2. The number of rotatable bonds is 4. The van der Waals surface area contributed by atoms with E-state index in [1.54, 1.807) is 0 Å². The van der Waals surface area contributed by atoms with Crippen LogP contribution in [0.4, 0.5) is 13.2 Å². The van der Waals surface area contributed by atoms with Gasteiger partial charge in [0.15, 0.2) is 11.5 Å². The first-order valence-electron chi connectivity index (χ1n) is 9.88. The van der Waals surface area contributed by atoms with Crippen molar-refractivity contribution in [3.8, 4) is 11.5 Å². The van der Waals surface area contributed by atoms with Gasteiger partial charge in [0.05, 0.1) is 0 Å². The van der Waals surface area contributed by atoms with Crippen molar-refractivity contribution in [3.05, 3.63) is 46.6 Å². The molecule has 1 fully saturated rings. The molecule has 0 amide bonds. The molecule has 0 saturated carbocycles. The van der Waals surface area contributed by atoms with Gasteiger partial charge in [-0.3, -0.25) is 4.90 Å². The Kier molecular flexibility index (Phi) is 6.11. The first-order valence-corrected chi connectivity index (χ1v) is 10.7. The smallest absolute Gasteiger partial charge is 0.420 e. The predicted molar refractivity (Wildman–Crippen MR) is 108 cm³/mol. The van der Waals surface area contributed by atoms with Gasteiger partial charge in [-0.05, 0) is 66.0 Å². The Bertz CT molecular complexity index is 789. The summed E-state index contributed by atoms with van der Waals surface area (Å²) in [6.07, 6.45) is 3.64. The summed E-state index contributed by atoms with van der Waals surface area (Å²) in [5.41, 5.74) is -0.770. The molecule has 0 radical (unpaired) electrons. The number of hydrogen-bond donors (Lipinski definition) is 0. The fourth-order valence-corrected chi connectivity index (χ4v) is 4.59. The second kappa shape index (κ2) is 8.60. The highest BCUT2D eigenvalue weighted by Crippen LogP contribution is 2.43. The van der Waals surface area contributed by atoms with Gasteiger partial charge in [-0.2, -0.15) is 13.2 Å². The molecule has 8 heteroatoms. The summed E-state index contributed by atoms with van der Waals surface area (Å²) < 4.78 is 52.2. The summed E-state index contributed by atoms with van der Waals surface area (Å²) in [5.74, 6) is 0.613. The zero-order valence-corrected chi connectivity index (χ0v) is 17.6. The molecule has 158 valence electrons. The SMILES string of the molecule is FC(F)(F)c1cccc2c1OC(CN1CCC(CN3C=C(Br)C=CC3)CC1)CO2. The third-order valence-corrected chi connectivity index (χ3v) is 6.05. The molecule has 4 nitrogen and oxygen atoms in total. The zero-order valence-electron chi connectivity index (χ0n) is 16.0. The van der Waals surface area contributed by atoms with Crippen LogP contribution in [0.3, 0.4) is 0 Å². The lowest BCUT2D eigenvalue weighted by Crippen LogP contribution is -2.45. The van der Waals surface area contributed by atoms with Crippen LogP contribution in [0, 0.1) is 5.92 Å². The van der Waals surface area contributed by atoms with E-state index in [4.69, 9.17) is 9.47 Å². The van der Waals surface area contributed by atoms with Gasteiger partial charge in [0, 0.05) is 30.3 Å². The number of nitrogens with zero attached hydrogens (tertiary/aromatic N) is 2. The average Bonchev–Trinajstić information content (AvgIpc) is 2.68. The Labute approximate surface area is 177 Å². The van der Waals surface area contributed by atoms with Crippen LogP contribution in [-0.4, -0.2) is 55.2 Å². The van der Waals surface area contributed by atoms with Gasteiger partial charge in [0.1, 0.15) is 18.3 Å². The number of ether oxygens (including phenoxy) is 2. The first kappa shape index (κ1) is 20.6. The van der Waals surface area contributed by atoms with Gasteiger partial charge in [0.2, 0.25) is 0 Å². The zero-order chi connectivity index (χ0) is 20.4. The molecule has 1 saturated heterocycles. The Morgan fingerprint density at radius 2 is 1.93 bits per heavy atom. The molecule has 0 aliphatic carbocycles. The van der Waals surface area contributed by atoms with E-state index in [0.717, 1.165) is 49.6 Å². The number of fused-ring (bicyclic) bond motifs is 1. The van der Waals surface area contributed by atoms with E-state index in [1.807, 2.05) is 0 Å². The molecular weight excluding hydrogens is 449 g/mol. The second-order valence-corrected chi connectivity index (χ2v) is 8.71. The Balaban J connectivity index is 1.29. The fraction of sp³-hybridized carbons (Fsp3) is 0.524. The Hall–Kier alpha value is -1.67. The lowest BCUT2D eigenvalue weighted by molar-refractivity contribution is -0.140. The van der Waals surface area contributed by atoms with Crippen molar-refractivity contribution in [3.63, 3.8) is 0 Å². The van der Waals surface area contributed by atoms with Crippen LogP contribution in [0.25, 0.3) is 0 Å². The quantitative estimate of drug-likeness (QED) is 0.635. The van der Waals surface area contributed by atoms with Gasteiger partial charge in [-0.1, -0.05) is 12.1 Å². The van der Waals surface area contributed by atoms with Crippen molar-refractivity contribution in [1.82, 2.24) is 9.80 Å². The monoisotopic (exact) mass is 472 g/mol. The lowest BCUT2D eigenvalue weighted by atomic mass is 9.96. The highest BCUT2D eigenvalue weighted by Gasteiger charge is 2.38. The third-order valence-electron chi connectivity index (χ3n) is 5.58. The minimum atomic E-state index is -4.46. The van der Waals surface area contributed by atoms with Gasteiger partial charge in [0.25, 0.3) is 0 Å². The Morgan fingerprint density at radius 1 is 1.14 bits per heavy atom. The standard InChI is InChI=1S/C21H24BrF3N2O2/c22-16-3-2-8-27(12-16)11-15-6-9-26(10-7-15)13-17-14-28-19-5-1-4-18(20(19)29-17)21(23,24)25/h1-5,12,15,17H,6-11,13-14H2. The molecule has 4 rings (SSSR count). The van der Waals surface area contributed by atoms with E-state index < -0.39 is 17.8 Å². The predicted octanol–water partition coefficient (Wildman–Crippen LogP) is 4.67. The summed E-state index contributed by atoms with van der Waals surface area (Å²) in [6.45, 7) is 4.66. The topological polar surface area (TPSA) is 24.9 Å². The van der Waals surface area contributed by atoms with Crippen LogP contribution >= 0.6 is 15.9 Å². The minimum absolute atomic E-state index is 0.171. The van der Waals surface area contributed by atoms with E-state index in [0.29, 0.717) is 12.5 Å². The number of para-hydroxylation sites is 1. The second-order valence-electron chi connectivity index (χ2n) is 7.80. The largest absolute Gasteiger partial charge is 0.486 e. The molecule has 1 aromatic carbocycles. The molecule has 3 aliphatic rings. The van der Waals surface area contributed by atoms with E-state index in [2.05, 4.69) is 44.1 Å². The minimum Gasteiger partial charge on any atom is -0.486 e. The van der Waals surface area contributed by atoms with E-state index in [-0.39, 0.29) is 18.1 Å². The third kappa shape index (κ3) is 5.09. The van der Waals surface area contributed by atoms with Gasteiger partial charge < -0.3 is 14.4 Å². The number of benzene rings is 1. The van der Waals surface area contributed by atoms with Crippen LogP contribution in [-0.2, 0) is 6.18 Å². The van der Waals surface area contributed by atoms with Gasteiger partial charge >= 0.3 is 6.18 Å². The van der Waals surface area contributed by atoms with Gasteiger partial charge in [-0.25, -0.2) is 0 Å². The fourth-order valence-electron chi connectivity index (χ4n) is 4.12. The average molecular weight is 473 g/mol. The molecule has 0 aromatic heterocycles. The number of likely N-dealkylation sites (tertiary alicyclic amines) is 1. The summed E-state index contributed by atoms with van der Waals surface area (Å²) in [5, 5.41) is 0. The molecule has 3 aliphatic heterocycles. The molecule has 0 bridgehead atoms. The van der Waals surface area contributed by atoms with Crippen LogP contribution in [0.1, 0.15) is 18.4 Å². The van der Waals surface area contributed by atoms with Crippen LogP contribution in [0.15, 0.2) is 41.0 Å². The highest BCUT2D eigenvalue weighted by molar-refractivity contribution is 9.11. The van der Waals surface area contributed by atoms with Crippen molar-refractivity contribution in [1.29, 1.82) is 0 Å². The summed E-state index contributed by atoms with van der Waals surface area (Å²) in [6, 6.07) is 3.91. The summed E-state index contributed by atoms with van der Waals surface area (Å²) in [4.78, 5) is 4.59. The number of halogens is 4. The van der Waals surface area contributed by atoms with Crippen LogP contribution < -0.4 is 9.47 Å².